The van der Waals surface area contributed by atoms with Crippen LogP contribution in [-0.4, -0.2) is 47.0 Å². The van der Waals surface area contributed by atoms with Crippen molar-refractivity contribution >= 4 is 16.8 Å². The van der Waals surface area contributed by atoms with Gasteiger partial charge in [-0.15, -0.1) is 0 Å². The second-order valence-corrected chi connectivity index (χ2v) is 10.6. The molecule has 1 saturated carbocycles. The highest BCUT2D eigenvalue weighted by atomic mass is 32.2. The number of hydrogen-bond acceptors (Lipinski definition) is 4. The molecule has 1 unspecified atom stereocenters. The minimum absolute atomic E-state index is 0.202. The molecule has 1 aliphatic carbocycles. The van der Waals surface area contributed by atoms with Crippen molar-refractivity contribution in [2.45, 2.75) is 70.8 Å². The Labute approximate surface area is 178 Å². The molecule has 1 aromatic rings. The van der Waals surface area contributed by atoms with E-state index in [0.29, 0.717) is 18.8 Å². The largest absolute Gasteiger partial charge is 0.497 e. The maximum atomic E-state index is 12.2. The Morgan fingerprint density at radius 3 is 2.59 bits per heavy atom. The molecular formula is C22H37N3O3S. The summed E-state index contributed by atoms with van der Waals surface area (Å²) in [6, 6.07) is 5.92. The molecule has 1 aliphatic rings. The van der Waals surface area contributed by atoms with E-state index in [-0.39, 0.29) is 10.9 Å². The highest BCUT2D eigenvalue weighted by Crippen LogP contribution is 2.30. The van der Waals surface area contributed by atoms with E-state index in [0.717, 1.165) is 42.4 Å². The van der Waals surface area contributed by atoms with Crippen molar-refractivity contribution in [3.8, 4) is 11.5 Å². The Morgan fingerprint density at radius 2 is 1.97 bits per heavy atom. The van der Waals surface area contributed by atoms with Gasteiger partial charge in [-0.1, -0.05) is 0 Å². The summed E-state index contributed by atoms with van der Waals surface area (Å²) in [6.07, 6.45) is 4.95. The Kier molecular flexibility index (Phi) is 9.27. The van der Waals surface area contributed by atoms with Crippen LogP contribution in [0.4, 0.5) is 0 Å². The zero-order valence-electron chi connectivity index (χ0n) is 18.5. The third-order valence-electron chi connectivity index (χ3n) is 4.88. The van der Waals surface area contributed by atoms with Crippen LogP contribution in [0.3, 0.4) is 0 Å². The van der Waals surface area contributed by atoms with E-state index >= 15 is 0 Å². The van der Waals surface area contributed by atoms with Gasteiger partial charge in [0.2, 0.25) is 0 Å². The highest BCUT2D eigenvalue weighted by Gasteiger charge is 2.19. The number of guanidine groups is 1. The normalized spacial score (nSPS) is 16.5. The van der Waals surface area contributed by atoms with Crippen LogP contribution in [0, 0.1) is 0 Å². The number of methoxy groups -OCH3 is 1. The van der Waals surface area contributed by atoms with Crippen molar-refractivity contribution < 1.29 is 13.7 Å². The number of nitrogens with zero attached hydrogens (tertiary/aromatic N) is 1. The third-order valence-corrected chi connectivity index (χ3v) is 6.83. The molecule has 0 spiro atoms. The number of nitrogens with one attached hydrogen (secondary N) is 2. The Morgan fingerprint density at radius 1 is 1.24 bits per heavy atom. The molecule has 0 heterocycles. The van der Waals surface area contributed by atoms with Crippen LogP contribution in [0.5, 0.6) is 11.5 Å². The minimum Gasteiger partial charge on any atom is -0.497 e. The first-order valence-electron chi connectivity index (χ1n) is 10.6. The zero-order chi connectivity index (χ0) is 21.3. The predicted octanol–water partition coefficient (Wildman–Crippen LogP) is 3.62. The van der Waals surface area contributed by atoms with Gasteiger partial charge in [0.1, 0.15) is 11.5 Å². The van der Waals surface area contributed by atoms with Crippen molar-refractivity contribution in [3.63, 3.8) is 0 Å². The lowest BCUT2D eigenvalue weighted by molar-refractivity contribution is 0.207. The molecule has 164 valence electrons. The number of rotatable bonds is 9. The van der Waals surface area contributed by atoms with Crippen molar-refractivity contribution in [1.29, 1.82) is 0 Å². The number of ether oxygens (including phenoxy) is 2. The Balaban J connectivity index is 2.03. The second-order valence-electron chi connectivity index (χ2n) is 8.28. The summed E-state index contributed by atoms with van der Waals surface area (Å²) in [6.45, 7) is 9.91. The molecule has 2 N–H and O–H groups in total. The number of aliphatic imine (C=N–C) groups is 1. The summed E-state index contributed by atoms with van der Waals surface area (Å²) in [5, 5.41) is 6.54. The lowest BCUT2D eigenvalue weighted by Crippen LogP contribution is -2.40. The zero-order valence-corrected chi connectivity index (χ0v) is 19.4. The van der Waals surface area contributed by atoms with Gasteiger partial charge in [0.25, 0.3) is 0 Å². The molecule has 1 aromatic carbocycles. The number of hydrogen-bond donors (Lipinski definition) is 2. The lowest BCUT2D eigenvalue weighted by Gasteiger charge is -2.19. The van der Waals surface area contributed by atoms with Crippen molar-refractivity contribution in [2.24, 2.45) is 4.99 Å². The van der Waals surface area contributed by atoms with Crippen LogP contribution in [0.25, 0.3) is 0 Å². The van der Waals surface area contributed by atoms with Crippen LogP contribution in [0.15, 0.2) is 23.2 Å². The maximum absolute atomic E-state index is 12.2. The smallest absolute Gasteiger partial charge is 0.191 e. The summed E-state index contributed by atoms with van der Waals surface area (Å²) in [4.78, 5) is 4.71. The van der Waals surface area contributed by atoms with Crippen LogP contribution in [-0.2, 0) is 17.3 Å². The Hall–Kier alpha value is -1.76. The molecule has 1 fully saturated rings. The summed E-state index contributed by atoms with van der Waals surface area (Å²) in [5.74, 6) is 2.96. The average molecular weight is 424 g/mol. The van der Waals surface area contributed by atoms with Gasteiger partial charge in [-0.3, -0.25) is 4.21 Å². The molecule has 0 bridgehead atoms. The first-order valence-corrected chi connectivity index (χ1v) is 11.9. The van der Waals surface area contributed by atoms with Gasteiger partial charge >= 0.3 is 0 Å². The topological polar surface area (TPSA) is 72.0 Å². The monoisotopic (exact) mass is 423 g/mol. The van der Waals surface area contributed by atoms with Crippen LogP contribution in [0.1, 0.15) is 58.9 Å². The van der Waals surface area contributed by atoms with Crippen molar-refractivity contribution in [2.75, 3.05) is 26.0 Å². The van der Waals surface area contributed by atoms with Gasteiger partial charge in [-0.2, -0.15) is 0 Å². The third kappa shape index (κ3) is 7.88. The van der Waals surface area contributed by atoms with Gasteiger partial charge < -0.3 is 20.1 Å². The first-order chi connectivity index (χ1) is 13.8. The second kappa shape index (κ2) is 11.4. The molecule has 2 rings (SSSR count). The van der Waals surface area contributed by atoms with Gasteiger partial charge in [-0.05, 0) is 65.5 Å². The molecule has 7 heteroatoms. The van der Waals surface area contributed by atoms with E-state index in [1.54, 1.807) is 7.11 Å². The molecule has 1 atom stereocenters. The Bertz CT molecular complexity index is 695. The van der Waals surface area contributed by atoms with Crippen molar-refractivity contribution in [3.05, 3.63) is 23.8 Å². The molecule has 0 aromatic heterocycles. The number of benzene rings is 1. The first kappa shape index (κ1) is 23.5. The molecule has 6 nitrogen and oxygen atoms in total. The SMILES string of the molecule is CCNC(=NCc1ccc(OC)cc1OC1CCCC1)NCCS(=O)C(C)(C)C. The minimum atomic E-state index is -0.887. The van der Waals surface area contributed by atoms with Crippen LogP contribution in [0.2, 0.25) is 0 Å². The predicted molar refractivity (Wildman–Crippen MR) is 121 cm³/mol. The summed E-state index contributed by atoms with van der Waals surface area (Å²) < 4.78 is 23.7. The summed E-state index contributed by atoms with van der Waals surface area (Å²) in [5.41, 5.74) is 1.04. The van der Waals surface area contributed by atoms with E-state index in [2.05, 4.69) is 10.6 Å². The van der Waals surface area contributed by atoms with Gasteiger partial charge in [0.05, 0.1) is 19.8 Å². The highest BCUT2D eigenvalue weighted by molar-refractivity contribution is 7.86. The van der Waals surface area contributed by atoms with E-state index < -0.39 is 10.8 Å². The average Bonchev–Trinajstić information content (AvgIpc) is 3.19. The molecule has 0 aliphatic heterocycles. The fourth-order valence-electron chi connectivity index (χ4n) is 3.16. The molecular weight excluding hydrogens is 386 g/mol. The lowest BCUT2D eigenvalue weighted by atomic mass is 10.2. The van der Waals surface area contributed by atoms with Gasteiger partial charge in [-0.25, -0.2) is 4.99 Å². The summed E-state index contributed by atoms with van der Waals surface area (Å²) in [7, 11) is 0.781. The van der Waals surface area contributed by atoms with Gasteiger partial charge in [0, 0.05) is 46.0 Å². The molecule has 0 saturated heterocycles. The summed E-state index contributed by atoms with van der Waals surface area (Å²) >= 11 is 0. The van der Waals surface area contributed by atoms with Crippen LogP contribution >= 0.6 is 0 Å². The molecule has 29 heavy (non-hydrogen) atoms. The van der Waals surface area contributed by atoms with E-state index in [1.165, 1.54) is 12.8 Å². The van der Waals surface area contributed by atoms with Crippen molar-refractivity contribution in [1.82, 2.24) is 10.6 Å². The van der Waals surface area contributed by atoms with E-state index in [4.69, 9.17) is 14.5 Å². The van der Waals surface area contributed by atoms with E-state index in [9.17, 15) is 4.21 Å². The fourth-order valence-corrected chi connectivity index (χ4v) is 4.06. The van der Waals surface area contributed by atoms with Crippen LogP contribution < -0.4 is 20.1 Å². The molecule has 0 amide bonds. The maximum Gasteiger partial charge on any atom is 0.191 e. The van der Waals surface area contributed by atoms with E-state index in [1.807, 2.05) is 45.9 Å². The standard InChI is InChI=1S/C22H37N3O3S/c1-6-23-21(24-13-14-29(26)22(2,3)4)25-16-17-11-12-19(27-5)15-20(17)28-18-9-7-8-10-18/h11-12,15,18H,6-10,13-14,16H2,1-5H3,(H2,23,24,25). The van der Waals surface area contributed by atoms with Gasteiger partial charge in [0.15, 0.2) is 5.96 Å². The quantitative estimate of drug-likeness (QED) is 0.469. The molecule has 0 radical (unpaired) electrons. The fraction of sp³-hybridized carbons (Fsp3) is 0.682.